The standard InChI is InChI=1S/C14H10BrClN2O2/c15-12-7-11(16)6-10(13(12)19)8-17-18-14(20)9-4-2-1-3-5-9/h1-8,19H,(H,18,20). The van der Waals surface area contributed by atoms with Crippen molar-refractivity contribution in [2.24, 2.45) is 5.10 Å². The Labute approximate surface area is 129 Å². The number of phenolic OH excluding ortho intramolecular Hbond substituents is 1. The van der Waals surface area contributed by atoms with Crippen LogP contribution in [0.3, 0.4) is 0 Å². The summed E-state index contributed by atoms with van der Waals surface area (Å²) in [5.74, 6) is -0.324. The molecule has 0 spiro atoms. The van der Waals surface area contributed by atoms with Crippen LogP contribution in [0, 0.1) is 0 Å². The molecular weight excluding hydrogens is 344 g/mol. The average Bonchev–Trinajstić information content (AvgIpc) is 2.44. The first-order chi connectivity index (χ1) is 9.58. The molecule has 2 N–H and O–H groups in total. The van der Waals surface area contributed by atoms with Crippen LogP contribution in [0.15, 0.2) is 52.0 Å². The maximum Gasteiger partial charge on any atom is 0.271 e. The Kier molecular flexibility index (Phi) is 4.76. The van der Waals surface area contributed by atoms with Crippen LogP contribution < -0.4 is 5.43 Å². The van der Waals surface area contributed by atoms with Crippen LogP contribution >= 0.6 is 27.5 Å². The molecule has 0 unspecified atom stereocenters. The zero-order chi connectivity index (χ0) is 14.5. The zero-order valence-electron chi connectivity index (χ0n) is 10.2. The highest BCUT2D eigenvalue weighted by Crippen LogP contribution is 2.30. The molecular formula is C14H10BrClN2O2. The Bertz CT molecular complexity index is 660. The van der Waals surface area contributed by atoms with Crippen molar-refractivity contribution in [2.75, 3.05) is 0 Å². The number of phenols is 1. The number of hydrogen-bond donors (Lipinski definition) is 2. The Morgan fingerprint density at radius 2 is 2.00 bits per heavy atom. The number of carbonyl (C=O) groups excluding carboxylic acids is 1. The SMILES string of the molecule is O=C(NN=Cc1cc(Cl)cc(Br)c1O)c1ccccc1. The van der Waals surface area contributed by atoms with E-state index in [2.05, 4.69) is 26.5 Å². The smallest absolute Gasteiger partial charge is 0.271 e. The Balaban J connectivity index is 2.10. The fourth-order valence-electron chi connectivity index (χ4n) is 1.50. The van der Waals surface area contributed by atoms with Crippen LogP contribution in [-0.2, 0) is 0 Å². The third-order valence-corrected chi connectivity index (χ3v) is 3.29. The van der Waals surface area contributed by atoms with Gasteiger partial charge in [-0.15, -0.1) is 0 Å². The van der Waals surface area contributed by atoms with Crippen molar-refractivity contribution in [3.63, 3.8) is 0 Å². The number of hydrogen-bond acceptors (Lipinski definition) is 3. The van der Waals surface area contributed by atoms with E-state index < -0.39 is 0 Å². The van der Waals surface area contributed by atoms with E-state index in [9.17, 15) is 9.90 Å². The highest BCUT2D eigenvalue weighted by molar-refractivity contribution is 9.10. The molecule has 0 fully saturated rings. The zero-order valence-corrected chi connectivity index (χ0v) is 12.5. The van der Waals surface area contributed by atoms with Crippen molar-refractivity contribution in [1.29, 1.82) is 0 Å². The van der Waals surface area contributed by atoms with Gasteiger partial charge in [0.2, 0.25) is 0 Å². The number of rotatable bonds is 3. The number of aromatic hydroxyl groups is 1. The number of benzene rings is 2. The largest absolute Gasteiger partial charge is 0.506 e. The lowest BCUT2D eigenvalue weighted by Crippen LogP contribution is -2.17. The van der Waals surface area contributed by atoms with Gasteiger partial charge in [-0.25, -0.2) is 5.43 Å². The first-order valence-electron chi connectivity index (χ1n) is 5.64. The molecule has 0 aliphatic heterocycles. The van der Waals surface area contributed by atoms with Crippen molar-refractivity contribution in [2.45, 2.75) is 0 Å². The van der Waals surface area contributed by atoms with Gasteiger partial charge in [-0.1, -0.05) is 29.8 Å². The Morgan fingerprint density at radius 3 is 2.70 bits per heavy atom. The molecule has 0 aromatic heterocycles. The summed E-state index contributed by atoms with van der Waals surface area (Å²) in [5, 5.41) is 14.0. The lowest BCUT2D eigenvalue weighted by atomic mass is 10.2. The van der Waals surface area contributed by atoms with Gasteiger partial charge in [0, 0.05) is 16.1 Å². The molecule has 4 nitrogen and oxygen atoms in total. The van der Waals surface area contributed by atoms with Gasteiger partial charge < -0.3 is 5.11 Å². The number of amides is 1. The van der Waals surface area contributed by atoms with E-state index in [0.717, 1.165) is 0 Å². The molecule has 0 atom stereocenters. The minimum atomic E-state index is -0.331. The summed E-state index contributed by atoms with van der Waals surface area (Å²) >= 11 is 9.04. The molecule has 2 aromatic rings. The van der Waals surface area contributed by atoms with E-state index in [0.29, 0.717) is 20.6 Å². The number of nitrogens with zero attached hydrogens (tertiary/aromatic N) is 1. The molecule has 2 aromatic carbocycles. The summed E-state index contributed by atoms with van der Waals surface area (Å²) < 4.78 is 0.459. The highest BCUT2D eigenvalue weighted by atomic mass is 79.9. The maximum atomic E-state index is 11.7. The maximum absolute atomic E-state index is 11.7. The third kappa shape index (κ3) is 3.59. The van der Waals surface area contributed by atoms with Crippen LogP contribution in [0.25, 0.3) is 0 Å². The van der Waals surface area contributed by atoms with Crippen LogP contribution in [0.5, 0.6) is 5.75 Å². The quantitative estimate of drug-likeness (QED) is 0.654. The molecule has 0 aliphatic rings. The first-order valence-corrected chi connectivity index (χ1v) is 6.81. The van der Waals surface area contributed by atoms with Gasteiger partial charge in [-0.3, -0.25) is 4.79 Å². The van der Waals surface area contributed by atoms with Gasteiger partial charge in [0.15, 0.2) is 0 Å². The van der Waals surface area contributed by atoms with Gasteiger partial charge >= 0.3 is 0 Å². The molecule has 20 heavy (non-hydrogen) atoms. The predicted molar refractivity (Wildman–Crippen MR) is 82.3 cm³/mol. The molecule has 0 bridgehead atoms. The van der Waals surface area contributed by atoms with E-state index >= 15 is 0 Å². The van der Waals surface area contributed by atoms with Gasteiger partial charge in [0.1, 0.15) is 5.75 Å². The van der Waals surface area contributed by atoms with E-state index in [4.69, 9.17) is 11.6 Å². The molecule has 102 valence electrons. The van der Waals surface area contributed by atoms with Crippen molar-refractivity contribution >= 4 is 39.7 Å². The molecule has 6 heteroatoms. The van der Waals surface area contributed by atoms with Crippen LogP contribution in [0.4, 0.5) is 0 Å². The summed E-state index contributed by atoms with van der Waals surface area (Å²) in [6.07, 6.45) is 1.33. The molecule has 0 heterocycles. The van der Waals surface area contributed by atoms with Crippen LogP contribution in [-0.4, -0.2) is 17.2 Å². The van der Waals surface area contributed by atoms with E-state index in [-0.39, 0.29) is 11.7 Å². The molecule has 0 radical (unpaired) electrons. The van der Waals surface area contributed by atoms with Crippen LogP contribution in [0.1, 0.15) is 15.9 Å². The monoisotopic (exact) mass is 352 g/mol. The van der Waals surface area contributed by atoms with Gasteiger partial charge in [0.25, 0.3) is 5.91 Å². The third-order valence-electron chi connectivity index (χ3n) is 2.46. The van der Waals surface area contributed by atoms with Gasteiger partial charge in [-0.05, 0) is 40.2 Å². The predicted octanol–water partition coefficient (Wildman–Crippen LogP) is 3.57. The highest BCUT2D eigenvalue weighted by Gasteiger charge is 2.06. The molecule has 0 saturated heterocycles. The fraction of sp³-hybridized carbons (Fsp3) is 0. The average molecular weight is 354 g/mol. The molecule has 0 aliphatic carbocycles. The lowest BCUT2D eigenvalue weighted by molar-refractivity contribution is 0.0955. The van der Waals surface area contributed by atoms with E-state index in [1.54, 1.807) is 36.4 Å². The fourth-order valence-corrected chi connectivity index (χ4v) is 2.33. The normalized spacial score (nSPS) is 10.7. The second-order valence-corrected chi connectivity index (χ2v) is 5.18. The first kappa shape index (κ1) is 14.6. The lowest BCUT2D eigenvalue weighted by Gasteiger charge is -2.03. The van der Waals surface area contributed by atoms with E-state index in [1.165, 1.54) is 6.21 Å². The van der Waals surface area contributed by atoms with Crippen molar-refractivity contribution < 1.29 is 9.90 Å². The summed E-state index contributed by atoms with van der Waals surface area (Å²) in [6, 6.07) is 11.8. The summed E-state index contributed by atoms with van der Waals surface area (Å²) in [6.45, 7) is 0. The van der Waals surface area contributed by atoms with Crippen LogP contribution in [0.2, 0.25) is 5.02 Å². The second kappa shape index (κ2) is 6.54. The molecule has 1 amide bonds. The van der Waals surface area contributed by atoms with Gasteiger partial charge in [-0.2, -0.15) is 5.10 Å². The summed E-state index contributed by atoms with van der Waals surface area (Å²) in [7, 11) is 0. The minimum Gasteiger partial charge on any atom is -0.506 e. The summed E-state index contributed by atoms with van der Waals surface area (Å²) in [4.78, 5) is 11.7. The van der Waals surface area contributed by atoms with Crippen molar-refractivity contribution in [3.05, 3.63) is 63.1 Å². The van der Waals surface area contributed by atoms with Gasteiger partial charge in [0.05, 0.1) is 10.7 Å². The second-order valence-electron chi connectivity index (χ2n) is 3.89. The molecule has 2 rings (SSSR count). The number of hydrazone groups is 1. The number of carbonyl (C=O) groups is 1. The minimum absolute atomic E-state index is 0.00658. The molecule has 0 saturated carbocycles. The van der Waals surface area contributed by atoms with Crippen molar-refractivity contribution in [1.82, 2.24) is 5.43 Å². The topological polar surface area (TPSA) is 61.7 Å². The number of nitrogens with one attached hydrogen (secondary N) is 1. The summed E-state index contributed by atoms with van der Waals surface area (Å²) in [5.41, 5.74) is 3.28. The Hall–Kier alpha value is -1.85. The number of halogens is 2. The van der Waals surface area contributed by atoms with Crippen molar-refractivity contribution in [3.8, 4) is 5.75 Å². The van der Waals surface area contributed by atoms with E-state index in [1.807, 2.05) is 6.07 Å². The Morgan fingerprint density at radius 1 is 1.30 bits per heavy atom.